The van der Waals surface area contributed by atoms with E-state index >= 15 is 0 Å². The molecule has 1 atom stereocenters. The molecule has 1 amide bonds. The Labute approximate surface area is 126 Å². The van der Waals surface area contributed by atoms with Gasteiger partial charge in [-0.15, -0.1) is 0 Å². The van der Waals surface area contributed by atoms with Gasteiger partial charge in [-0.3, -0.25) is 14.6 Å². The monoisotopic (exact) mass is 302 g/mol. The number of hydrogen-bond acceptors (Lipinski definition) is 3. The van der Waals surface area contributed by atoms with Gasteiger partial charge < -0.3 is 10.4 Å². The second-order valence-electron chi connectivity index (χ2n) is 4.75. The summed E-state index contributed by atoms with van der Waals surface area (Å²) in [5, 5.41) is 11.6. The van der Waals surface area contributed by atoms with Crippen molar-refractivity contribution in [2.75, 3.05) is 0 Å². The number of nitrogens with one attached hydrogen (secondary N) is 1. The second kappa shape index (κ2) is 7.31. The van der Waals surface area contributed by atoms with Crippen LogP contribution in [0.5, 0.6) is 0 Å². The Balaban J connectivity index is 2.15. The number of benzene rings is 1. The van der Waals surface area contributed by atoms with Crippen molar-refractivity contribution in [1.29, 1.82) is 0 Å². The van der Waals surface area contributed by atoms with Gasteiger partial charge in [0.15, 0.2) is 0 Å². The maximum atomic E-state index is 13.0. The molecule has 0 bridgehead atoms. The summed E-state index contributed by atoms with van der Waals surface area (Å²) in [5.74, 6) is -1.70. The lowest BCUT2D eigenvalue weighted by atomic mass is 10.0. The molecule has 0 aliphatic heterocycles. The van der Waals surface area contributed by atoms with Crippen LogP contribution in [0.2, 0.25) is 0 Å². The molecule has 0 aliphatic rings. The zero-order chi connectivity index (χ0) is 15.9. The Kier molecular flexibility index (Phi) is 5.19. The van der Waals surface area contributed by atoms with Gasteiger partial charge in [-0.1, -0.05) is 12.1 Å². The van der Waals surface area contributed by atoms with Gasteiger partial charge >= 0.3 is 5.97 Å². The van der Waals surface area contributed by atoms with Crippen molar-refractivity contribution in [1.82, 2.24) is 10.3 Å². The van der Waals surface area contributed by atoms with Gasteiger partial charge in [0.2, 0.25) is 0 Å². The van der Waals surface area contributed by atoms with E-state index in [0.717, 1.165) is 0 Å². The van der Waals surface area contributed by atoms with Crippen LogP contribution in [0.1, 0.15) is 34.8 Å². The second-order valence-corrected chi connectivity index (χ2v) is 4.75. The lowest BCUT2D eigenvalue weighted by Gasteiger charge is -2.18. The average molecular weight is 302 g/mol. The van der Waals surface area contributed by atoms with Crippen LogP contribution < -0.4 is 5.32 Å². The van der Waals surface area contributed by atoms with Crippen molar-refractivity contribution < 1.29 is 19.1 Å². The number of aliphatic carboxylic acids is 1. The van der Waals surface area contributed by atoms with E-state index in [0.29, 0.717) is 11.1 Å². The summed E-state index contributed by atoms with van der Waals surface area (Å²) in [6, 6.07) is 8.36. The first-order valence-electron chi connectivity index (χ1n) is 6.74. The lowest BCUT2D eigenvalue weighted by molar-refractivity contribution is -0.137. The lowest BCUT2D eigenvalue weighted by Crippen LogP contribution is -2.29. The topological polar surface area (TPSA) is 79.3 Å². The first kappa shape index (κ1) is 15.6. The van der Waals surface area contributed by atoms with Crippen LogP contribution in [-0.4, -0.2) is 22.0 Å². The number of pyridine rings is 1. The van der Waals surface area contributed by atoms with Gasteiger partial charge in [0.25, 0.3) is 5.91 Å². The third-order valence-electron chi connectivity index (χ3n) is 3.15. The van der Waals surface area contributed by atoms with Crippen LogP contribution in [-0.2, 0) is 4.79 Å². The number of rotatable bonds is 6. The van der Waals surface area contributed by atoms with Crippen LogP contribution in [0.15, 0.2) is 48.8 Å². The maximum absolute atomic E-state index is 13.0. The number of amides is 1. The fourth-order valence-electron chi connectivity index (χ4n) is 2.02. The highest BCUT2D eigenvalue weighted by Gasteiger charge is 2.17. The van der Waals surface area contributed by atoms with Crippen LogP contribution in [0.25, 0.3) is 0 Å². The zero-order valence-electron chi connectivity index (χ0n) is 11.7. The van der Waals surface area contributed by atoms with Crippen molar-refractivity contribution in [3.63, 3.8) is 0 Å². The highest BCUT2D eigenvalue weighted by molar-refractivity contribution is 5.94. The van der Waals surface area contributed by atoms with E-state index in [1.165, 1.54) is 30.5 Å². The van der Waals surface area contributed by atoms with E-state index in [9.17, 15) is 14.0 Å². The minimum Gasteiger partial charge on any atom is -0.481 e. The molecule has 1 aromatic carbocycles. The van der Waals surface area contributed by atoms with Gasteiger partial charge in [0, 0.05) is 18.8 Å². The third kappa shape index (κ3) is 4.37. The first-order chi connectivity index (χ1) is 10.6. The molecule has 0 aliphatic carbocycles. The molecule has 0 spiro atoms. The Hall–Kier alpha value is -2.76. The Morgan fingerprint density at radius 2 is 1.95 bits per heavy atom. The largest absolute Gasteiger partial charge is 0.481 e. The Morgan fingerprint density at radius 1 is 1.23 bits per heavy atom. The van der Waals surface area contributed by atoms with E-state index in [1.807, 2.05) is 0 Å². The predicted octanol–water partition coefficient (Wildman–Crippen LogP) is 2.56. The third-order valence-corrected chi connectivity index (χ3v) is 3.15. The number of carbonyl (C=O) groups is 2. The average Bonchev–Trinajstić information content (AvgIpc) is 2.53. The van der Waals surface area contributed by atoms with E-state index in [1.54, 1.807) is 18.3 Å². The minimum absolute atomic E-state index is 0.102. The molecule has 1 heterocycles. The maximum Gasteiger partial charge on any atom is 0.303 e. The van der Waals surface area contributed by atoms with Gasteiger partial charge in [-0.25, -0.2) is 4.39 Å². The SMILES string of the molecule is O=C(O)CCC(NC(=O)c1cccnc1)c1ccc(F)cc1. The molecule has 0 fully saturated rings. The molecular weight excluding hydrogens is 287 g/mol. The molecule has 2 rings (SSSR count). The molecule has 1 unspecified atom stereocenters. The minimum atomic E-state index is -0.956. The van der Waals surface area contributed by atoms with Gasteiger partial charge in [-0.05, 0) is 36.2 Å². The van der Waals surface area contributed by atoms with E-state index < -0.39 is 12.0 Å². The van der Waals surface area contributed by atoms with Gasteiger partial charge in [-0.2, -0.15) is 0 Å². The smallest absolute Gasteiger partial charge is 0.303 e. The number of carboxylic acids is 1. The summed E-state index contributed by atoms with van der Waals surface area (Å²) in [5.41, 5.74) is 1.03. The molecular formula is C16H15FN2O3. The molecule has 0 radical (unpaired) electrons. The van der Waals surface area contributed by atoms with Gasteiger partial charge in [0.05, 0.1) is 11.6 Å². The van der Waals surface area contributed by atoms with Gasteiger partial charge in [0.1, 0.15) is 5.82 Å². The molecule has 0 saturated heterocycles. The summed E-state index contributed by atoms with van der Waals surface area (Å²) in [6.07, 6.45) is 3.09. The molecule has 114 valence electrons. The van der Waals surface area contributed by atoms with Crippen molar-refractivity contribution in [2.45, 2.75) is 18.9 Å². The number of aromatic nitrogens is 1. The molecule has 6 heteroatoms. The van der Waals surface area contributed by atoms with E-state index in [4.69, 9.17) is 5.11 Å². The number of nitrogens with zero attached hydrogens (tertiary/aromatic N) is 1. The normalized spacial score (nSPS) is 11.7. The van der Waals surface area contributed by atoms with E-state index in [-0.39, 0.29) is 24.6 Å². The fourth-order valence-corrected chi connectivity index (χ4v) is 2.02. The van der Waals surface area contributed by atoms with Crippen LogP contribution in [0.4, 0.5) is 4.39 Å². The molecule has 5 nitrogen and oxygen atoms in total. The van der Waals surface area contributed by atoms with Crippen molar-refractivity contribution >= 4 is 11.9 Å². The molecule has 0 saturated carbocycles. The van der Waals surface area contributed by atoms with Crippen LogP contribution in [0, 0.1) is 5.82 Å². The summed E-state index contributed by atoms with van der Waals surface area (Å²) < 4.78 is 13.0. The number of carbonyl (C=O) groups excluding carboxylic acids is 1. The van der Waals surface area contributed by atoms with Crippen LogP contribution in [0.3, 0.4) is 0 Å². The number of halogens is 1. The van der Waals surface area contributed by atoms with Crippen molar-refractivity contribution in [2.24, 2.45) is 0 Å². The summed E-state index contributed by atoms with van der Waals surface area (Å²) in [7, 11) is 0. The van der Waals surface area contributed by atoms with Crippen molar-refractivity contribution in [3.8, 4) is 0 Å². The highest BCUT2D eigenvalue weighted by Crippen LogP contribution is 2.19. The standard InChI is InChI=1S/C16H15FN2O3/c17-13-5-3-11(4-6-13)14(7-8-15(20)21)19-16(22)12-2-1-9-18-10-12/h1-6,9-10,14H,7-8H2,(H,19,22)(H,20,21). The molecule has 2 N–H and O–H groups in total. The quantitative estimate of drug-likeness (QED) is 0.859. The van der Waals surface area contributed by atoms with E-state index in [2.05, 4.69) is 10.3 Å². The highest BCUT2D eigenvalue weighted by atomic mass is 19.1. The Bertz CT molecular complexity index is 644. The van der Waals surface area contributed by atoms with Crippen molar-refractivity contribution in [3.05, 3.63) is 65.7 Å². The summed E-state index contributed by atoms with van der Waals surface area (Å²) in [4.78, 5) is 26.8. The molecule has 22 heavy (non-hydrogen) atoms. The summed E-state index contributed by atoms with van der Waals surface area (Å²) >= 11 is 0. The molecule has 2 aromatic rings. The Morgan fingerprint density at radius 3 is 2.55 bits per heavy atom. The first-order valence-corrected chi connectivity index (χ1v) is 6.74. The molecule has 1 aromatic heterocycles. The number of hydrogen-bond donors (Lipinski definition) is 2. The zero-order valence-corrected chi connectivity index (χ0v) is 11.7. The number of carboxylic acid groups (broad SMARTS) is 1. The predicted molar refractivity (Wildman–Crippen MR) is 77.7 cm³/mol. The summed E-state index contributed by atoms with van der Waals surface area (Å²) in [6.45, 7) is 0. The van der Waals surface area contributed by atoms with Crippen LogP contribution >= 0.6 is 0 Å². The fraction of sp³-hybridized carbons (Fsp3) is 0.188.